The third kappa shape index (κ3) is 3.78. The van der Waals surface area contributed by atoms with E-state index in [2.05, 4.69) is 10.1 Å². The molecule has 0 atom stereocenters. The summed E-state index contributed by atoms with van der Waals surface area (Å²) < 4.78 is 10.1. The first-order valence-corrected chi connectivity index (χ1v) is 7.61. The van der Waals surface area contributed by atoms with E-state index in [1.165, 1.54) is 12.1 Å². The average molecular weight is 375 g/mol. The van der Waals surface area contributed by atoms with Gasteiger partial charge in [0.1, 0.15) is 5.69 Å². The van der Waals surface area contributed by atoms with Crippen molar-refractivity contribution in [1.29, 1.82) is 0 Å². The van der Waals surface area contributed by atoms with Gasteiger partial charge in [-0.3, -0.25) is 10.1 Å². The van der Waals surface area contributed by atoms with Crippen LogP contribution >= 0.6 is 11.6 Å². The molecule has 0 saturated heterocycles. The minimum absolute atomic E-state index is 0.0108. The number of benzene rings is 2. The van der Waals surface area contributed by atoms with E-state index in [1.54, 1.807) is 24.3 Å². The minimum Gasteiger partial charge on any atom is -0.452 e. The zero-order valence-corrected chi connectivity index (χ0v) is 13.8. The Balaban J connectivity index is 1.68. The Morgan fingerprint density at radius 1 is 1.27 bits per heavy atom. The molecule has 132 valence electrons. The van der Waals surface area contributed by atoms with Crippen molar-refractivity contribution in [3.63, 3.8) is 0 Å². The van der Waals surface area contributed by atoms with Crippen LogP contribution in [0.25, 0.3) is 11.4 Å². The Hall–Kier alpha value is -3.46. The van der Waals surface area contributed by atoms with Gasteiger partial charge in [-0.15, -0.1) is 0 Å². The molecule has 2 N–H and O–H groups in total. The summed E-state index contributed by atoms with van der Waals surface area (Å²) in [6.45, 7) is -0.280. The van der Waals surface area contributed by atoms with Gasteiger partial charge in [0.05, 0.1) is 10.5 Å². The van der Waals surface area contributed by atoms with Gasteiger partial charge in [-0.25, -0.2) is 4.79 Å². The van der Waals surface area contributed by atoms with Gasteiger partial charge in [-0.05, 0) is 36.4 Å². The van der Waals surface area contributed by atoms with E-state index in [1.807, 2.05) is 0 Å². The molecule has 3 aromatic rings. The van der Waals surface area contributed by atoms with Crippen LogP contribution in [0.3, 0.4) is 0 Å². The molecule has 3 rings (SSSR count). The summed E-state index contributed by atoms with van der Waals surface area (Å²) in [6, 6.07) is 10.4. The summed E-state index contributed by atoms with van der Waals surface area (Å²) in [5.74, 6) is -0.386. The maximum absolute atomic E-state index is 12.0. The lowest BCUT2D eigenvalue weighted by Gasteiger charge is -2.03. The second kappa shape index (κ2) is 7.19. The fraction of sp³-hybridized carbons (Fsp3) is 0.0625. The third-order valence-corrected chi connectivity index (χ3v) is 3.61. The van der Waals surface area contributed by atoms with Gasteiger partial charge in [0.15, 0.2) is 6.61 Å². The van der Waals surface area contributed by atoms with Gasteiger partial charge in [0.2, 0.25) is 5.82 Å². The molecule has 0 spiro atoms. The number of aromatic nitrogens is 2. The zero-order chi connectivity index (χ0) is 18.7. The Morgan fingerprint density at radius 2 is 2.00 bits per heavy atom. The molecule has 10 heteroatoms. The second-order valence-corrected chi connectivity index (χ2v) is 5.56. The number of hydrogen-bond donors (Lipinski definition) is 1. The number of halogens is 1. The monoisotopic (exact) mass is 374 g/mol. The maximum Gasteiger partial charge on any atom is 0.338 e. The predicted molar refractivity (Wildman–Crippen MR) is 91.4 cm³/mol. The van der Waals surface area contributed by atoms with Crippen LogP contribution in [-0.2, 0) is 11.3 Å². The number of ether oxygens (including phenoxy) is 1. The SMILES string of the molecule is Nc1ccc(C(=O)OCc2nc(-c3ccc(Cl)cc3)no2)cc1[N+](=O)[O-]. The first-order valence-electron chi connectivity index (χ1n) is 7.23. The normalized spacial score (nSPS) is 10.5. The molecule has 2 aromatic carbocycles. The van der Waals surface area contributed by atoms with E-state index in [4.69, 9.17) is 26.6 Å². The van der Waals surface area contributed by atoms with Gasteiger partial charge in [-0.1, -0.05) is 16.8 Å². The Bertz CT molecular complexity index is 971. The van der Waals surface area contributed by atoms with E-state index in [0.29, 0.717) is 16.4 Å². The summed E-state index contributed by atoms with van der Waals surface area (Å²) in [4.78, 5) is 26.3. The molecule has 1 aromatic heterocycles. The van der Waals surface area contributed by atoms with Crippen molar-refractivity contribution in [2.45, 2.75) is 6.61 Å². The van der Waals surface area contributed by atoms with Gasteiger partial charge < -0.3 is 15.0 Å². The molecule has 0 aliphatic rings. The largest absolute Gasteiger partial charge is 0.452 e. The molecule has 0 radical (unpaired) electrons. The standard InChI is InChI=1S/C16H11ClN4O5/c17-11-4-1-9(2-5-11)15-19-14(26-20-15)8-25-16(22)10-3-6-12(18)13(7-10)21(23)24/h1-7H,8,18H2. The van der Waals surface area contributed by atoms with Crippen molar-refractivity contribution in [3.8, 4) is 11.4 Å². The summed E-state index contributed by atoms with van der Waals surface area (Å²) >= 11 is 5.82. The topological polar surface area (TPSA) is 134 Å². The first kappa shape index (κ1) is 17.4. The summed E-state index contributed by atoms with van der Waals surface area (Å²) in [7, 11) is 0. The second-order valence-electron chi connectivity index (χ2n) is 5.13. The van der Waals surface area contributed by atoms with Gasteiger partial charge in [0.25, 0.3) is 11.6 Å². The third-order valence-electron chi connectivity index (χ3n) is 3.36. The van der Waals surface area contributed by atoms with Crippen LogP contribution in [0.2, 0.25) is 5.02 Å². The molecule has 0 amide bonds. The minimum atomic E-state index is -0.778. The quantitative estimate of drug-likeness (QED) is 0.311. The molecule has 26 heavy (non-hydrogen) atoms. The van der Waals surface area contributed by atoms with Crippen LogP contribution in [0, 0.1) is 10.1 Å². The van der Waals surface area contributed by atoms with Crippen molar-refractivity contribution in [1.82, 2.24) is 10.1 Å². The van der Waals surface area contributed by atoms with E-state index in [-0.39, 0.29) is 29.4 Å². The molecule has 0 saturated carbocycles. The Morgan fingerprint density at radius 3 is 2.69 bits per heavy atom. The summed E-state index contributed by atoms with van der Waals surface area (Å²) in [5, 5.41) is 15.2. The van der Waals surface area contributed by atoms with Crippen LogP contribution in [0.5, 0.6) is 0 Å². The van der Waals surface area contributed by atoms with Crippen LogP contribution in [0.15, 0.2) is 47.0 Å². The van der Waals surface area contributed by atoms with E-state index in [0.717, 1.165) is 6.07 Å². The molecule has 0 unspecified atom stereocenters. The zero-order valence-electron chi connectivity index (χ0n) is 13.1. The highest BCUT2D eigenvalue weighted by atomic mass is 35.5. The van der Waals surface area contributed by atoms with Crippen molar-refractivity contribution < 1.29 is 19.0 Å². The number of hydrogen-bond acceptors (Lipinski definition) is 8. The van der Waals surface area contributed by atoms with E-state index in [9.17, 15) is 14.9 Å². The van der Waals surface area contributed by atoms with Crippen LogP contribution in [-0.4, -0.2) is 21.0 Å². The predicted octanol–water partition coefficient (Wildman–Crippen LogP) is 3.24. The number of esters is 1. The first-order chi connectivity index (χ1) is 12.4. The lowest BCUT2D eigenvalue weighted by Crippen LogP contribution is -2.07. The van der Waals surface area contributed by atoms with Crippen LogP contribution < -0.4 is 5.73 Å². The summed E-state index contributed by atoms with van der Waals surface area (Å²) in [5.41, 5.74) is 5.74. The van der Waals surface area contributed by atoms with Crippen molar-refractivity contribution in [2.24, 2.45) is 0 Å². The molecule has 9 nitrogen and oxygen atoms in total. The maximum atomic E-state index is 12.0. The number of nitro benzene ring substituents is 1. The average Bonchev–Trinajstić information content (AvgIpc) is 3.09. The lowest BCUT2D eigenvalue weighted by atomic mass is 10.2. The molecule has 0 bridgehead atoms. The highest BCUT2D eigenvalue weighted by Gasteiger charge is 2.18. The number of carbonyl (C=O) groups is 1. The summed E-state index contributed by atoms with van der Waals surface area (Å²) in [6.07, 6.45) is 0. The van der Waals surface area contributed by atoms with Gasteiger partial charge in [0, 0.05) is 16.7 Å². The smallest absolute Gasteiger partial charge is 0.338 e. The number of carbonyl (C=O) groups excluding carboxylic acids is 1. The number of nitrogens with two attached hydrogens (primary N) is 1. The number of anilines is 1. The Labute approximate surface area is 151 Å². The lowest BCUT2D eigenvalue weighted by molar-refractivity contribution is -0.383. The molecule has 0 fully saturated rings. The molecule has 0 aliphatic heterocycles. The van der Waals surface area contributed by atoms with Crippen molar-refractivity contribution >= 4 is 28.9 Å². The van der Waals surface area contributed by atoms with Crippen molar-refractivity contribution in [3.05, 3.63) is 69.1 Å². The molecular weight excluding hydrogens is 364 g/mol. The number of rotatable bonds is 5. The van der Waals surface area contributed by atoms with E-state index < -0.39 is 10.9 Å². The number of nitrogen functional groups attached to an aromatic ring is 1. The Kier molecular flexibility index (Phi) is 4.81. The number of nitro groups is 1. The van der Waals surface area contributed by atoms with Crippen molar-refractivity contribution in [2.75, 3.05) is 5.73 Å². The highest BCUT2D eigenvalue weighted by Crippen LogP contribution is 2.23. The van der Waals surface area contributed by atoms with Gasteiger partial charge in [-0.2, -0.15) is 4.98 Å². The molecule has 0 aliphatic carbocycles. The fourth-order valence-corrected chi connectivity index (χ4v) is 2.20. The fourth-order valence-electron chi connectivity index (χ4n) is 2.07. The van der Waals surface area contributed by atoms with E-state index >= 15 is 0 Å². The highest BCUT2D eigenvalue weighted by molar-refractivity contribution is 6.30. The number of nitrogens with zero attached hydrogens (tertiary/aromatic N) is 3. The molecule has 1 heterocycles. The van der Waals surface area contributed by atoms with Crippen LogP contribution in [0.4, 0.5) is 11.4 Å². The van der Waals surface area contributed by atoms with Gasteiger partial charge >= 0.3 is 5.97 Å². The van der Waals surface area contributed by atoms with Crippen LogP contribution in [0.1, 0.15) is 16.2 Å². The molecular formula is C16H11ClN4O5.